The number of carboxylic acids is 1. The molecule has 0 bridgehead atoms. The Hall–Kier alpha value is -3.20. The fraction of sp³-hybridized carbons (Fsp3) is 0.176. The molecule has 118 valence electrons. The number of aromatic nitrogens is 1. The molecule has 0 saturated heterocycles. The summed E-state index contributed by atoms with van der Waals surface area (Å²) in [4.78, 5) is 24.1. The lowest BCUT2D eigenvalue weighted by Crippen LogP contribution is -2.27. The first-order chi connectivity index (χ1) is 10.8. The number of nitrogen functional groups attached to an aromatic ring is 1. The smallest absolute Gasteiger partial charge is 0.339 e. The minimum atomic E-state index is -1.26. The number of nitrogens with two attached hydrogens (primary N) is 1. The number of pyridine rings is 1. The third kappa shape index (κ3) is 2.64. The topological polar surface area (TPSA) is 106 Å². The Morgan fingerprint density at radius 1 is 1.30 bits per heavy atom. The maximum Gasteiger partial charge on any atom is 0.339 e. The van der Waals surface area contributed by atoms with Gasteiger partial charge in [-0.3, -0.25) is 9.36 Å². The van der Waals surface area contributed by atoms with Gasteiger partial charge in [-0.25, -0.2) is 4.79 Å². The summed E-state index contributed by atoms with van der Waals surface area (Å²) in [7, 11) is 0. The van der Waals surface area contributed by atoms with Crippen molar-refractivity contribution >= 4 is 11.8 Å². The summed E-state index contributed by atoms with van der Waals surface area (Å²) < 4.78 is 1.09. The second-order valence-corrected chi connectivity index (χ2v) is 5.05. The molecule has 0 aliphatic heterocycles. The van der Waals surface area contributed by atoms with Crippen LogP contribution in [0.4, 0.5) is 5.82 Å². The summed E-state index contributed by atoms with van der Waals surface area (Å²) in [5, 5.41) is 19.2. The Bertz CT molecular complexity index is 930. The van der Waals surface area contributed by atoms with Crippen LogP contribution in [0.1, 0.15) is 34.0 Å². The largest absolute Gasteiger partial charge is 0.508 e. The molecule has 0 radical (unpaired) electrons. The molecule has 0 amide bonds. The first-order valence-corrected chi connectivity index (χ1v) is 6.80. The van der Waals surface area contributed by atoms with Crippen LogP contribution in [-0.2, 0) is 0 Å². The first-order valence-electron chi connectivity index (χ1n) is 6.80. The average molecular weight is 312 g/mol. The van der Waals surface area contributed by atoms with Crippen LogP contribution < -0.4 is 11.3 Å². The average Bonchev–Trinajstić information content (AvgIpc) is 2.49. The van der Waals surface area contributed by atoms with Crippen molar-refractivity contribution in [2.45, 2.75) is 20.8 Å². The van der Waals surface area contributed by atoms with Gasteiger partial charge in [-0.1, -0.05) is 12.0 Å². The van der Waals surface area contributed by atoms with E-state index in [9.17, 15) is 19.8 Å². The molecule has 0 saturated carbocycles. The Balaban J connectivity index is 3.03. The second kappa shape index (κ2) is 5.89. The minimum absolute atomic E-state index is 0.0132. The third-order valence-corrected chi connectivity index (χ3v) is 3.56. The Labute approximate surface area is 132 Å². The molecule has 1 heterocycles. The number of anilines is 1. The number of nitrogens with zero attached hydrogens (tertiary/aromatic N) is 1. The van der Waals surface area contributed by atoms with Crippen molar-refractivity contribution in [1.29, 1.82) is 0 Å². The highest BCUT2D eigenvalue weighted by Crippen LogP contribution is 2.28. The number of carbonyl (C=O) groups is 1. The molecule has 4 N–H and O–H groups in total. The van der Waals surface area contributed by atoms with Crippen LogP contribution in [-0.4, -0.2) is 20.7 Å². The normalized spacial score (nSPS) is 10.0. The van der Waals surface area contributed by atoms with Crippen molar-refractivity contribution in [2.75, 3.05) is 5.73 Å². The van der Waals surface area contributed by atoms with Gasteiger partial charge in [-0.2, -0.15) is 0 Å². The number of phenolic OH excluding ortho intramolecular Hbond substituents is 1. The SMILES string of the molecule is CC#Cc1cc(C(=O)O)c(N)n(-c2c(C)ccc(O)c2C)c1=O. The molecule has 0 unspecified atom stereocenters. The van der Waals surface area contributed by atoms with E-state index in [0.29, 0.717) is 16.8 Å². The number of aromatic carboxylic acids is 1. The summed E-state index contributed by atoms with van der Waals surface area (Å²) in [5.41, 5.74) is 6.66. The molecule has 1 aromatic heterocycles. The highest BCUT2D eigenvalue weighted by molar-refractivity contribution is 5.93. The molecule has 2 aromatic rings. The predicted octanol–water partition coefficient (Wildman–Crippen LogP) is 1.81. The number of phenols is 1. The quantitative estimate of drug-likeness (QED) is 0.733. The van der Waals surface area contributed by atoms with Crippen molar-refractivity contribution in [2.24, 2.45) is 0 Å². The number of aromatic hydroxyl groups is 1. The fourth-order valence-electron chi connectivity index (χ4n) is 2.42. The number of rotatable bonds is 2. The summed E-state index contributed by atoms with van der Waals surface area (Å²) in [5.74, 6) is 3.70. The molecule has 23 heavy (non-hydrogen) atoms. The molecule has 1 aromatic carbocycles. The van der Waals surface area contributed by atoms with Gasteiger partial charge in [0.15, 0.2) is 0 Å². The van der Waals surface area contributed by atoms with Crippen molar-refractivity contribution in [3.05, 3.63) is 50.8 Å². The predicted molar refractivity (Wildman–Crippen MR) is 87.1 cm³/mol. The summed E-state index contributed by atoms with van der Waals surface area (Å²) >= 11 is 0. The zero-order valence-electron chi connectivity index (χ0n) is 13.0. The standard InChI is InChI=1S/C17H16N2O4/c1-4-5-11-8-12(17(22)23)15(18)19(16(11)21)14-9(2)6-7-13(20)10(14)3/h6-8,20H,18H2,1-3H3,(H,22,23). The molecule has 6 heteroatoms. The van der Waals surface area contributed by atoms with E-state index in [-0.39, 0.29) is 22.7 Å². The van der Waals surface area contributed by atoms with Gasteiger partial charge in [0, 0.05) is 5.56 Å². The Morgan fingerprint density at radius 3 is 2.52 bits per heavy atom. The summed E-state index contributed by atoms with van der Waals surface area (Å²) in [6.45, 7) is 4.92. The summed E-state index contributed by atoms with van der Waals surface area (Å²) in [6, 6.07) is 4.30. The molecule has 0 fully saturated rings. The molecule has 0 aliphatic rings. The fourth-order valence-corrected chi connectivity index (χ4v) is 2.42. The summed E-state index contributed by atoms with van der Waals surface area (Å²) in [6.07, 6.45) is 0. The number of hydrogen-bond donors (Lipinski definition) is 3. The monoisotopic (exact) mass is 312 g/mol. The van der Waals surface area contributed by atoms with Crippen molar-refractivity contribution < 1.29 is 15.0 Å². The van der Waals surface area contributed by atoms with Crippen molar-refractivity contribution in [3.63, 3.8) is 0 Å². The lowest BCUT2D eigenvalue weighted by atomic mass is 10.1. The van der Waals surface area contributed by atoms with E-state index in [0.717, 1.165) is 4.57 Å². The number of carboxylic acid groups (broad SMARTS) is 1. The van der Waals surface area contributed by atoms with E-state index in [1.54, 1.807) is 26.8 Å². The van der Waals surface area contributed by atoms with E-state index < -0.39 is 11.5 Å². The van der Waals surface area contributed by atoms with E-state index in [4.69, 9.17) is 5.73 Å². The molecule has 0 aliphatic carbocycles. The van der Waals surface area contributed by atoms with Crippen LogP contribution in [0, 0.1) is 25.7 Å². The van der Waals surface area contributed by atoms with Crippen LogP contribution >= 0.6 is 0 Å². The van der Waals surface area contributed by atoms with Crippen LogP contribution in [0.5, 0.6) is 5.75 Å². The van der Waals surface area contributed by atoms with Gasteiger partial charge in [0.2, 0.25) is 0 Å². The highest BCUT2D eigenvalue weighted by atomic mass is 16.4. The molecular weight excluding hydrogens is 296 g/mol. The molecular formula is C17H16N2O4. The van der Waals surface area contributed by atoms with Gasteiger partial charge in [0.05, 0.1) is 11.3 Å². The van der Waals surface area contributed by atoms with Crippen LogP contribution in [0.3, 0.4) is 0 Å². The van der Waals surface area contributed by atoms with E-state index in [1.165, 1.54) is 12.1 Å². The molecule has 6 nitrogen and oxygen atoms in total. The van der Waals surface area contributed by atoms with Gasteiger partial charge in [0.25, 0.3) is 5.56 Å². The highest BCUT2D eigenvalue weighted by Gasteiger charge is 2.20. The van der Waals surface area contributed by atoms with Crippen LogP contribution in [0.2, 0.25) is 0 Å². The van der Waals surface area contributed by atoms with Gasteiger partial charge >= 0.3 is 5.97 Å². The lowest BCUT2D eigenvalue weighted by molar-refractivity contribution is 0.0697. The van der Waals surface area contributed by atoms with E-state index in [1.807, 2.05) is 0 Å². The molecule has 0 spiro atoms. The van der Waals surface area contributed by atoms with E-state index in [2.05, 4.69) is 11.8 Å². The van der Waals surface area contributed by atoms with Crippen molar-refractivity contribution in [3.8, 4) is 23.3 Å². The third-order valence-electron chi connectivity index (χ3n) is 3.56. The van der Waals surface area contributed by atoms with Crippen LogP contribution in [0.15, 0.2) is 23.0 Å². The van der Waals surface area contributed by atoms with Crippen molar-refractivity contribution in [1.82, 2.24) is 4.57 Å². The Morgan fingerprint density at radius 2 is 1.96 bits per heavy atom. The van der Waals surface area contributed by atoms with Gasteiger partial charge in [0.1, 0.15) is 17.1 Å². The minimum Gasteiger partial charge on any atom is -0.508 e. The lowest BCUT2D eigenvalue weighted by Gasteiger charge is -2.18. The molecule has 0 atom stereocenters. The maximum atomic E-state index is 12.7. The van der Waals surface area contributed by atoms with Gasteiger partial charge in [-0.15, -0.1) is 5.92 Å². The zero-order chi connectivity index (χ0) is 17.3. The molecule has 2 rings (SSSR count). The zero-order valence-corrected chi connectivity index (χ0v) is 13.0. The number of hydrogen-bond acceptors (Lipinski definition) is 4. The maximum absolute atomic E-state index is 12.7. The van der Waals surface area contributed by atoms with Crippen LogP contribution in [0.25, 0.3) is 5.69 Å². The first kappa shape index (κ1) is 16.2. The van der Waals surface area contributed by atoms with E-state index >= 15 is 0 Å². The van der Waals surface area contributed by atoms with Gasteiger partial charge < -0.3 is 15.9 Å². The van der Waals surface area contributed by atoms with Gasteiger partial charge in [-0.05, 0) is 38.5 Å². The number of benzene rings is 1. The second-order valence-electron chi connectivity index (χ2n) is 5.05. The number of aryl methyl sites for hydroxylation is 1. The Kier molecular flexibility index (Phi) is 4.14.